The van der Waals surface area contributed by atoms with Gasteiger partial charge in [-0.2, -0.15) is 0 Å². The maximum atomic E-state index is 2.55. The summed E-state index contributed by atoms with van der Waals surface area (Å²) in [5.41, 5.74) is 10.5. The number of hydrogen-bond donors (Lipinski definition) is 0. The van der Waals surface area contributed by atoms with E-state index in [0.717, 1.165) is 22.6 Å². The monoisotopic (exact) mass is 831 g/mol. The number of nitrogens with zero attached hydrogens (tertiary/aromatic N) is 3. The van der Waals surface area contributed by atoms with Crippen LogP contribution in [0.4, 0.5) is 0 Å². The second-order valence-corrected chi connectivity index (χ2v) is 20.6. The molecule has 0 radical (unpaired) electrons. The number of aromatic nitrogens is 3. The third-order valence-electron chi connectivity index (χ3n) is 13.6. The quantitative estimate of drug-likeness (QED) is 0.112. The summed E-state index contributed by atoms with van der Waals surface area (Å²) in [4.78, 5) is 0. The molecule has 3 aromatic heterocycles. The topological polar surface area (TPSA) is 14.8 Å². The minimum Gasteiger partial charge on any atom is -0.309 e. The van der Waals surface area contributed by atoms with Crippen molar-refractivity contribution >= 4 is 94.2 Å². The zero-order valence-corrected chi connectivity index (χ0v) is 36.0. The van der Waals surface area contributed by atoms with Crippen molar-refractivity contribution < 1.29 is 0 Å². The summed E-state index contributed by atoms with van der Waals surface area (Å²) >= 11 is 0. The molecule has 13 rings (SSSR count). The molecule has 4 heteroatoms. The lowest BCUT2D eigenvalue weighted by atomic mass is 10.1. The summed E-state index contributed by atoms with van der Waals surface area (Å²) in [7, 11) is -2.91. The maximum absolute atomic E-state index is 2.91. The standard InChI is InChI=1S/C60H41N3Si/c1-5-22-42(23-6-1)61-53-37-20-38-54(58(53)49-33-19-40-56(60(49)61)62-50-34-16-13-30-46(50)47-31-14-17-35-51(47)62)63-52-36-18-15-32-48(52)59-55(63)39-21-41-57(59)64(43-24-7-2-8-25-43,44-26-9-3-10-27-44)45-28-11-4-12-29-45/h1-41H. The van der Waals surface area contributed by atoms with E-state index in [1.54, 1.807) is 0 Å². The largest absolute Gasteiger partial charge is 0.309 e. The van der Waals surface area contributed by atoms with Gasteiger partial charge in [-0.25, -0.2) is 0 Å². The van der Waals surface area contributed by atoms with Gasteiger partial charge in [-0.05, 0) is 75.3 Å². The van der Waals surface area contributed by atoms with Gasteiger partial charge in [-0.3, -0.25) is 0 Å². The number of hydrogen-bond acceptors (Lipinski definition) is 0. The molecule has 0 aliphatic carbocycles. The van der Waals surface area contributed by atoms with Crippen LogP contribution < -0.4 is 20.7 Å². The van der Waals surface area contributed by atoms with Crippen LogP contribution in [0.1, 0.15) is 0 Å². The molecule has 0 spiro atoms. The molecule has 3 heterocycles. The van der Waals surface area contributed by atoms with E-state index >= 15 is 0 Å². The van der Waals surface area contributed by atoms with Crippen molar-refractivity contribution in [2.24, 2.45) is 0 Å². The predicted octanol–water partition coefficient (Wildman–Crippen LogP) is 12.4. The Kier molecular flexibility index (Phi) is 8.23. The fourth-order valence-corrected chi connectivity index (χ4v) is 16.1. The SMILES string of the molecule is c1ccc(-n2c3cccc(-n4c5ccccc5c5c([Si](c6ccccc6)(c6ccccc6)c6ccccc6)cccc54)c3c3cccc(-n4c5ccccc5c5ccccc54)c32)cc1. The molecule has 0 amide bonds. The van der Waals surface area contributed by atoms with E-state index in [2.05, 4.69) is 262 Å². The van der Waals surface area contributed by atoms with Gasteiger partial charge in [-0.15, -0.1) is 0 Å². The van der Waals surface area contributed by atoms with E-state index in [4.69, 9.17) is 0 Å². The summed E-state index contributed by atoms with van der Waals surface area (Å²) < 4.78 is 7.52. The Morgan fingerprint density at radius 1 is 0.250 bits per heavy atom. The zero-order valence-electron chi connectivity index (χ0n) is 35.0. The molecule has 0 saturated heterocycles. The summed E-state index contributed by atoms with van der Waals surface area (Å²) in [5, 5.41) is 13.0. The third kappa shape index (κ3) is 5.15. The van der Waals surface area contributed by atoms with Crippen molar-refractivity contribution in [1.82, 2.24) is 13.7 Å². The molecule has 64 heavy (non-hydrogen) atoms. The van der Waals surface area contributed by atoms with Crippen LogP contribution in [0, 0.1) is 0 Å². The van der Waals surface area contributed by atoms with Crippen LogP contribution in [0.5, 0.6) is 0 Å². The Morgan fingerprint density at radius 3 is 1.22 bits per heavy atom. The lowest BCUT2D eigenvalue weighted by Gasteiger charge is -2.35. The molecule has 13 aromatic rings. The number of fused-ring (bicyclic) bond motifs is 9. The first-order valence-corrected chi connectivity index (χ1v) is 24.1. The van der Waals surface area contributed by atoms with Crippen LogP contribution in [0.2, 0.25) is 0 Å². The lowest BCUT2D eigenvalue weighted by molar-refractivity contribution is 1.13. The van der Waals surface area contributed by atoms with Crippen LogP contribution in [0.3, 0.4) is 0 Å². The highest BCUT2D eigenvalue weighted by atomic mass is 28.3. The van der Waals surface area contributed by atoms with Crippen LogP contribution >= 0.6 is 0 Å². The molecule has 0 bridgehead atoms. The first kappa shape index (κ1) is 36.5. The molecule has 0 fully saturated rings. The fraction of sp³-hybridized carbons (Fsp3) is 0. The molecule has 10 aromatic carbocycles. The van der Waals surface area contributed by atoms with Gasteiger partial charge >= 0.3 is 0 Å². The van der Waals surface area contributed by atoms with Crippen LogP contribution in [0.15, 0.2) is 249 Å². The summed E-state index contributed by atoms with van der Waals surface area (Å²) in [6.07, 6.45) is 0. The highest BCUT2D eigenvalue weighted by molar-refractivity contribution is 7.20. The molecular weight excluding hydrogens is 791 g/mol. The number of benzene rings is 10. The molecule has 0 aliphatic rings. The van der Waals surface area contributed by atoms with Gasteiger partial charge in [0.1, 0.15) is 0 Å². The predicted molar refractivity (Wildman–Crippen MR) is 273 cm³/mol. The van der Waals surface area contributed by atoms with Gasteiger partial charge in [0.15, 0.2) is 8.07 Å². The van der Waals surface area contributed by atoms with Crippen LogP contribution in [0.25, 0.3) is 82.5 Å². The molecule has 0 saturated carbocycles. The van der Waals surface area contributed by atoms with E-state index in [1.165, 1.54) is 80.6 Å². The molecular formula is C60H41N3Si. The van der Waals surface area contributed by atoms with E-state index in [0.29, 0.717) is 0 Å². The van der Waals surface area contributed by atoms with E-state index in [-0.39, 0.29) is 0 Å². The van der Waals surface area contributed by atoms with Crippen molar-refractivity contribution in [3.63, 3.8) is 0 Å². The average molecular weight is 832 g/mol. The average Bonchev–Trinajstić information content (AvgIpc) is 4.02. The number of para-hydroxylation sites is 5. The second-order valence-electron chi connectivity index (χ2n) is 16.8. The summed E-state index contributed by atoms with van der Waals surface area (Å²) in [6.45, 7) is 0. The Morgan fingerprint density at radius 2 is 0.641 bits per heavy atom. The number of rotatable bonds is 7. The van der Waals surface area contributed by atoms with E-state index < -0.39 is 8.07 Å². The van der Waals surface area contributed by atoms with Crippen LogP contribution in [-0.2, 0) is 0 Å². The van der Waals surface area contributed by atoms with Crippen molar-refractivity contribution in [3.05, 3.63) is 249 Å². The summed E-state index contributed by atoms with van der Waals surface area (Å²) in [5.74, 6) is 0. The van der Waals surface area contributed by atoms with Gasteiger partial charge in [0.25, 0.3) is 0 Å². The molecule has 0 aliphatic heterocycles. The van der Waals surface area contributed by atoms with Crippen LogP contribution in [-0.4, -0.2) is 21.8 Å². The molecule has 0 N–H and O–H groups in total. The Hall–Kier alpha value is -8.18. The van der Waals surface area contributed by atoms with Gasteiger partial charge < -0.3 is 13.7 Å². The highest BCUT2D eigenvalue weighted by Crippen LogP contribution is 2.43. The van der Waals surface area contributed by atoms with E-state index in [1.807, 2.05) is 0 Å². The van der Waals surface area contributed by atoms with Crippen molar-refractivity contribution in [3.8, 4) is 17.1 Å². The molecule has 300 valence electrons. The van der Waals surface area contributed by atoms with Gasteiger partial charge in [0.05, 0.1) is 44.5 Å². The third-order valence-corrected chi connectivity index (χ3v) is 18.4. The first-order valence-electron chi connectivity index (χ1n) is 22.1. The maximum Gasteiger partial charge on any atom is 0.180 e. The van der Waals surface area contributed by atoms with Crippen molar-refractivity contribution in [1.29, 1.82) is 0 Å². The first-order chi connectivity index (χ1) is 31.8. The lowest BCUT2D eigenvalue weighted by Crippen LogP contribution is -2.74. The van der Waals surface area contributed by atoms with Crippen molar-refractivity contribution in [2.45, 2.75) is 0 Å². The van der Waals surface area contributed by atoms with Gasteiger partial charge in [-0.1, -0.05) is 194 Å². The van der Waals surface area contributed by atoms with Gasteiger partial charge in [0, 0.05) is 38.0 Å². The van der Waals surface area contributed by atoms with Gasteiger partial charge in [0.2, 0.25) is 0 Å². The summed E-state index contributed by atoms with van der Waals surface area (Å²) in [6, 6.07) is 92.3. The Bertz CT molecular complexity index is 3730. The zero-order chi connectivity index (χ0) is 42.2. The normalized spacial score (nSPS) is 12.1. The Labute approximate surface area is 372 Å². The Balaban J connectivity index is 1.18. The molecule has 3 nitrogen and oxygen atoms in total. The smallest absolute Gasteiger partial charge is 0.180 e. The van der Waals surface area contributed by atoms with E-state index in [9.17, 15) is 0 Å². The second kappa shape index (κ2) is 14.5. The minimum absolute atomic E-state index is 1.13. The minimum atomic E-state index is -2.91. The highest BCUT2D eigenvalue weighted by Gasteiger charge is 2.43. The molecule has 0 atom stereocenters. The fourth-order valence-electron chi connectivity index (χ4n) is 11.1. The molecule has 0 unspecified atom stereocenters. The van der Waals surface area contributed by atoms with Crippen molar-refractivity contribution in [2.75, 3.05) is 0 Å².